The molecule has 1 aromatic heterocycles. The van der Waals surface area contributed by atoms with E-state index in [1.165, 1.54) is 16.9 Å². The van der Waals surface area contributed by atoms with Crippen molar-refractivity contribution in [1.82, 2.24) is 4.98 Å². The molecule has 1 amide bonds. The molecule has 0 radical (unpaired) electrons. The van der Waals surface area contributed by atoms with E-state index in [4.69, 9.17) is 4.74 Å². The molecule has 0 spiro atoms. The zero-order chi connectivity index (χ0) is 18.8. The summed E-state index contributed by atoms with van der Waals surface area (Å²) in [7, 11) is 0. The lowest BCUT2D eigenvalue weighted by atomic mass is 10.0. The smallest absolute Gasteiger partial charge is 0.264 e. The Morgan fingerprint density at radius 3 is 2.70 bits per heavy atom. The van der Waals surface area contributed by atoms with Crippen LogP contribution >= 0.6 is 11.3 Å². The Morgan fingerprint density at radius 2 is 1.89 bits per heavy atom. The van der Waals surface area contributed by atoms with E-state index in [0.29, 0.717) is 16.8 Å². The highest BCUT2D eigenvalue weighted by Gasteiger charge is 2.12. The van der Waals surface area contributed by atoms with Crippen molar-refractivity contribution in [2.24, 2.45) is 0 Å². The number of fused-ring (bicyclic) bond motifs is 2. The normalized spacial score (nSPS) is 11.2. The van der Waals surface area contributed by atoms with Crippen molar-refractivity contribution < 1.29 is 9.53 Å². The van der Waals surface area contributed by atoms with Gasteiger partial charge in [0.2, 0.25) is 0 Å². The molecule has 0 aliphatic rings. The predicted molar refractivity (Wildman–Crippen MR) is 112 cm³/mol. The Labute approximate surface area is 161 Å². The van der Waals surface area contributed by atoms with Crippen molar-refractivity contribution in [3.8, 4) is 5.75 Å². The molecular weight excluding hydrogens is 356 g/mol. The van der Waals surface area contributed by atoms with Crippen LogP contribution < -0.4 is 10.1 Å². The number of para-hydroxylation sites is 1. The first-order valence-corrected chi connectivity index (χ1v) is 9.73. The van der Waals surface area contributed by atoms with Crippen LogP contribution in [0.15, 0.2) is 60.7 Å². The molecule has 0 saturated carbocycles. The van der Waals surface area contributed by atoms with Crippen LogP contribution in [0.1, 0.15) is 25.3 Å². The maximum absolute atomic E-state index is 12.3. The molecular formula is C22H20N2O2S. The van der Waals surface area contributed by atoms with Gasteiger partial charge in [-0.05, 0) is 40.5 Å². The molecule has 3 aromatic carbocycles. The van der Waals surface area contributed by atoms with Crippen LogP contribution in [-0.4, -0.2) is 17.5 Å². The third kappa shape index (κ3) is 3.78. The third-order valence-corrected chi connectivity index (χ3v) is 5.35. The maximum Gasteiger partial charge on any atom is 0.264 e. The summed E-state index contributed by atoms with van der Waals surface area (Å²) in [5, 5.41) is 5.68. The van der Waals surface area contributed by atoms with Gasteiger partial charge in [0, 0.05) is 0 Å². The number of anilines is 1. The number of carbonyl (C=O) groups is 1. The van der Waals surface area contributed by atoms with Crippen LogP contribution in [0, 0.1) is 0 Å². The second-order valence-electron chi connectivity index (χ2n) is 6.71. The Kier molecular flexibility index (Phi) is 4.77. The largest absolute Gasteiger partial charge is 0.484 e. The number of benzene rings is 3. The van der Waals surface area contributed by atoms with Crippen LogP contribution in [-0.2, 0) is 4.79 Å². The molecule has 0 atom stereocenters. The number of hydrogen-bond acceptors (Lipinski definition) is 4. The molecule has 0 aliphatic carbocycles. The molecule has 136 valence electrons. The SMILES string of the molecule is CC(C)c1cccc2sc(NC(=O)COc3ccc4ccccc4c3)nc12. The average molecular weight is 376 g/mol. The summed E-state index contributed by atoms with van der Waals surface area (Å²) < 4.78 is 6.72. The van der Waals surface area contributed by atoms with Crippen LogP contribution in [0.25, 0.3) is 21.0 Å². The highest BCUT2D eigenvalue weighted by molar-refractivity contribution is 7.22. The molecule has 5 heteroatoms. The number of nitrogens with one attached hydrogen (secondary N) is 1. The number of rotatable bonds is 5. The van der Waals surface area contributed by atoms with Crippen LogP contribution in [0.3, 0.4) is 0 Å². The second kappa shape index (κ2) is 7.37. The summed E-state index contributed by atoms with van der Waals surface area (Å²) in [4.78, 5) is 16.9. The summed E-state index contributed by atoms with van der Waals surface area (Å²) in [6.07, 6.45) is 0. The predicted octanol–water partition coefficient (Wildman–Crippen LogP) is 5.59. The fraction of sp³-hybridized carbons (Fsp3) is 0.182. The number of carbonyl (C=O) groups excluding carboxylic acids is 1. The van der Waals surface area contributed by atoms with Gasteiger partial charge >= 0.3 is 0 Å². The van der Waals surface area contributed by atoms with Crippen LogP contribution in [0.5, 0.6) is 5.75 Å². The molecule has 0 fully saturated rings. The zero-order valence-electron chi connectivity index (χ0n) is 15.2. The van der Waals surface area contributed by atoms with Gasteiger partial charge in [-0.25, -0.2) is 4.98 Å². The molecule has 1 N–H and O–H groups in total. The molecule has 0 unspecified atom stereocenters. The van der Waals surface area contributed by atoms with Gasteiger partial charge in [0.05, 0.1) is 10.2 Å². The van der Waals surface area contributed by atoms with E-state index < -0.39 is 0 Å². The van der Waals surface area contributed by atoms with Gasteiger partial charge in [0.25, 0.3) is 5.91 Å². The topological polar surface area (TPSA) is 51.2 Å². The standard InChI is InChI=1S/C22H20N2O2S/c1-14(2)18-8-5-9-19-21(18)24-22(27-19)23-20(25)13-26-17-11-10-15-6-3-4-7-16(15)12-17/h3-12,14H,13H2,1-2H3,(H,23,24,25). The van der Waals surface area contributed by atoms with E-state index in [1.807, 2.05) is 54.6 Å². The Bertz CT molecular complexity index is 1120. The van der Waals surface area contributed by atoms with Gasteiger partial charge in [-0.2, -0.15) is 0 Å². The lowest BCUT2D eigenvalue weighted by molar-refractivity contribution is -0.118. The Morgan fingerprint density at radius 1 is 1.07 bits per heavy atom. The van der Waals surface area contributed by atoms with E-state index in [1.54, 1.807) is 0 Å². The molecule has 27 heavy (non-hydrogen) atoms. The number of nitrogens with zero attached hydrogens (tertiary/aromatic N) is 1. The van der Waals surface area contributed by atoms with Gasteiger partial charge in [-0.15, -0.1) is 0 Å². The lowest BCUT2D eigenvalue weighted by Gasteiger charge is -2.07. The van der Waals surface area contributed by atoms with Crippen LogP contribution in [0.4, 0.5) is 5.13 Å². The van der Waals surface area contributed by atoms with Crippen molar-refractivity contribution in [3.05, 3.63) is 66.2 Å². The minimum Gasteiger partial charge on any atom is -0.484 e. The summed E-state index contributed by atoms with van der Waals surface area (Å²) in [5.41, 5.74) is 2.15. The highest BCUT2D eigenvalue weighted by atomic mass is 32.1. The summed E-state index contributed by atoms with van der Waals surface area (Å²) in [6.45, 7) is 4.23. The second-order valence-corrected chi connectivity index (χ2v) is 7.74. The molecule has 4 aromatic rings. The number of hydrogen-bond donors (Lipinski definition) is 1. The minimum absolute atomic E-state index is 0.0503. The lowest BCUT2D eigenvalue weighted by Crippen LogP contribution is -2.20. The summed E-state index contributed by atoms with van der Waals surface area (Å²) in [5.74, 6) is 0.846. The molecule has 0 bridgehead atoms. The third-order valence-electron chi connectivity index (χ3n) is 4.41. The molecule has 0 aliphatic heterocycles. The Balaban J connectivity index is 1.44. The molecule has 4 nitrogen and oxygen atoms in total. The first kappa shape index (κ1) is 17.5. The average Bonchev–Trinajstić information content (AvgIpc) is 3.08. The summed E-state index contributed by atoms with van der Waals surface area (Å²) in [6, 6.07) is 20.0. The number of ether oxygens (including phenoxy) is 1. The fourth-order valence-corrected chi connectivity index (χ4v) is 3.97. The number of amides is 1. The zero-order valence-corrected chi connectivity index (χ0v) is 16.0. The van der Waals surface area contributed by atoms with Gasteiger partial charge in [-0.3, -0.25) is 10.1 Å². The van der Waals surface area contributed by atoms with E-state index in [0.717, 1.165) is 21.0 Å². The number of aromatic nitrogens is 1. The van der Waals surface area contributed by atoms with Gasteiger partial charge in [0.15, 0.2) is 11.7 Å². The fourth-order valence-electron chi connectivity index (χ4n) is 3.05. The van der Waals surface area contributed by atoms with E-state index in [-0.39, 0.29) is 12.5 Å². The van der Waals surface area contributed by atoms with Crippen molar-refractivity contribution in [2.75, 3.05) is 11.9 Å². The quantitative estimate of drug-likeness (QED) is 0.494. The van der Waals surface area contributed by atoms with Crippen molar-refractivity contribution in [2.45, 2.75) is 19.8 Å². The van der Waals surface area contributed by atoms with E-state index >= 15 is 0 Å². The van der Waals surface area contributed by atoms with Gasteiger partial charge < -0.3 is 4.74 Å². The minimum atomic E-state index is -0.215. The van der Waals surface area contributed by atoms with Crippen molar-refractivity contribution in [3.63, 3.8) is 0 Å². The van der Waals surface area contributed by atoms with E-state index in [2.05, 4.69) is 30.2 Å². The Hall–Kier alpha value is -2.92. The van der Waals surface area contributed by atoms with E-state index in [9.17, 15) is 4.79 Å². The number of thiazole rings is 1. The maximum atomic E-state index is 12.3. The first-order valence-electron chi connectivity index (χ1n) is 8.91. The molecule has 1 heterocycles. The summed E-state index contributed by atoms with van der Waals surface area (Å²) >= 11 is 1.48. The van der Waals surface area contributed by atoms with Crippen molar-refractivity contribution >= 4 is 43.4 Å². The highest BCUT2D eigenvalue weighted by Crippen LogP contribution is 2.31. The van der Waals surface area contributed by atoms with Crippen molar-refractivity contribution in [1.29, 1.82) is 0 Å². The monoisotopic (exact) mass is 376 g/mol. The molecule has 4 rings (SSSR count). The first-order chi connectivity index (χ1) is 13.1. The van der Waals surface area contributed by atoms with Gasteiger partial charge in [-0.1, -0.05) is 67.6 Å². The van der Waals surface area contributed by atoms with Crippen LogP contribution in [0.2, 0.25) is 0 Å². The van der Waals surface area contributed by atoms with Gasteiger partial charge in [0.1, 0.15) is 5.75 Å². The molecule has 0 saturated heterocycles.